The van der Waals surface area contributed by atoms with Crippen LogP contribution in [0.3, 0.4) is 0 Å². The molecule has 0 aliphatic heterocycles. The van der Waals surface area contributed by atoms with Gasteiger partial charge in [0.1, 0.15) is 0 Å². The first kappa shape index (κ1) is 21.8. The summed E-state index contributed by atoms with van der Waals surface area (Å²) in [7, 11) is 0. The molecule has 1 N–H and O–H groups in total. The maximum Gasteiger partial charge on any atom is 0.401 e. The molecule has 8 unspecified atom stereocenters. The Balaban J connectivity index is 1.33. The second-order valence-electron chi connectivity index (χ2n) is 11.5. The highest BCUT2D eigenvalue weighted by molar-refractivity contribution is 5.25. The third-order valence-electron chi connectivity index (χ3n) is 10.2. The lowest BCUT2D eigenvalue weighted by atomic mass is 9.45. The molecule has 0 spiro atoms. The van der Waals surface area contributed by atoms with Gasteiger partial charge in [0.25, 0.3) is 0 Å². The molecular weight excluding hydrogens is 397 g/mol. The van der Waals surface area contributed by atoms with Crippen LogP contribution in [0.25, 0.3) is 0 Å². The molecule has 2 nitrogen and oxygen atoms in total. The number of alkyl halides is 3. The number of nitrogens with one attached hydrogen (secondary N) is 1. The number of hydrogen-bond acceptors (Lipinski definition) is 2. The SMILES string of the molecule is N#CC1=CC2C(CC1)CCC1C2CCC2C1CCC1(CNCC(F)(F)F)CCCCC21. The molecule has 0 aromatic rings. The van der Waals surface area contributed by atoms with Gasteiger partial charge in [0.2, 0.25) is 0 Å². The number of hydrogen-bond donors (Lipinski definition) is 1. The van der Waals surface area contributed by atoms with Gasteiger partial charge in [0, 0.05) is 12.1 Å². The first-order valence-electron chi connectivity index (χ1n) is 12.8. The van der Waals surface area contributed by atoms with Crippen molar-refractivity contribution in [2.75, 3.05) is 13.1 Å². The van der Waals surface area contributed by atoms with E-state index in [-0.39, 0.29) is 5.41 Å². The Hall–Kier alpha value is -1.02. The molecule has 4 fully saturated rings. The molecule has 172 valence electrons. The summed E-state index contributed by atoms with van der Waals surface area (Å²) in [5, 5.41) is 12.3. The van der Waals surface area contributed by atoms with E-state index in [1.807, 2.05) is 0 Å². The van der Waals surface area contributed by atoms with Gasteiger partial charge in [0.05, 0.1) is 12.6 Å². The molecule has 8 atom stereocenters. The number of halogens is 3. The Labute approximate surface area is 185 Å². The second kappa shape index (κ2) is 8.40. The van der Waals surface area contributed by atoms with Gasteiger partial charge in [-0.1, -0.05) is 18.9 Å². The van der Waals surface area contributed by atoms with Crippen LogP contribution in [0.4, 0.5) is 13.2 Å². The molecular formula is C26H37F3N2. The van der Waals surface area contributed by atoms with Crippen molar-refractivity contribution in [3.05, 3.63) is 11.6 Å². The van der Waals surface area contributed by atoms with E-state index in [0.29, 0.717) is 24.3 Å². The normalized spacial score (nSPS) is 44.7. The highest BCUT2D eigenvalue weighted by Crippen LogP contribution is 2.63. The number of nitriles is 1. The van der Waals surface area contributed by atoms with Gasteiger partial charge in [0.15, 0.2) is 0 Å². The Kier molecular flexibility index (Phi) is 5.91. The summed E-state index contributed by atoms with van der Waals surface area (Å²) < 4.78 is 38.4. The van der Waals surface area contributed by atoms with E-state index in [1.54, 1.807) is 0 Å². The third kappa shape index (κ3) is 4.07. The number of nitrogens with zero attached hydrogens (tertiary/aromatic N) is 1. The predicted molar refractivity (Wildman–Crippen MR) is 115 cm³/mol. The van der Waals surface area contributed by atoms with E-state index >= 15 is 0 Å². The maximum absolute atomic E-state index is 12.8. The van der Waals surface area contributed by atoms with Crippen molar-refractivity contribution in [2.45, 2.75) is 83.2 Å². The van der Waals surface area contributed by atoms with Crippen LogP contribution < -0.4 is 5.32 Å². The molecule has 5 rings (SSSR count). The first-order valence-corrected chi connectivity index (χ1v) is 12.8. The molecule has 31 heavy (non-hydrogen) atoms. The van der Waals surface area contributed by atoms with Crippen molar-refractivity contribution in [3.63, 3.8) is 0 Å². The molecule has 0 aromatic carbocycles. The quantitative estimate of drug-likeness (QED) is 0.541. The van der Waals surface area contributed by atoms with E-state index in [0.717, 1.165) is 48.5 Å². The smallest absolute Gasteiger partial charge is 0.308 e. The summed E-state index contributed by atoms with van der Waals surface area (Å²) in [4.78, 5) is 0. The highest BCUT2D eigenvalue weighted by Gasteiger charge is 2.55. The Morgan fingerprint density at radius 1 is 0.935 bits per heavy atom. The van der Waals surface area contributed by atoms with Gasteiger partial charge in [-0.25, -0.2) is 0 Å². The lowest BCUT2D eigenvalue weighted by Gasteiger charge is -2.60. The average Bonchev–Trinajstić information content (AvgIpc) is 2.77. The van der Waals surface area contributed by atoms with Crippen molar-refractivity contribution in [1.82, 2.24) is 5.32 Å². The monoisotopic (exact) mass is 434 g/mol. The van der Waals surface area contributed by atoms with Gasteiger partial charge in [-0.3, -0.25) is 0 Å². The summed E-state index contributed by atoms with van der Waals surface area (Å²) in [6.45, 7) is -0.301. The van der Waals surface area contributed by atoms with Gasteiger partial charge < -0.3 is 5.32 Å². The van der Waals surface area contributed by atoms with Crippen molar-refractivity contribution >= 4 is 0 Å². The van der Waals surface area contributed by atoms with Gasteiger partial charge in [-0.2, -0.15) is 18.4 Å². The summed E-state index contributed by atoms with van der Waals surface area (Å²) in [5.74, 6) is 4.98. The molecule has 0 aromatic heterocycles. The van der Waals surface area contributed by atoms with Crippen LogP contribution in [0.2, 0.25) is 0 Å². The van der Waals surface area contributed by atoms with Gasteiger partial charge in [-0.15, -0.1) is 0 Å². The first-order chi connectivity index (χ1) is 14.9. The minimum atomic E-state index is -4.12. The zero-order chi connectivity index (χ0) is 21.6. The molecule has 5 heteroatoms. The maximum atomic E-state index is 12.8. The largest absolute Gasteiger partial charge is 0.401 e. The molecule has 0 amide bonds. The standard InChI is InChI=1S/C26H37F3N2/c27-26(28,29)16-31-15-25-11-2-1-3-24(25)22-9-8-20-19(21(22)10-12-25)7-6-18-5-4-17(14-30)13-23(18)20/h13,18-24,31H,1-12,15-16H2. The minimum Gasteiger partial charge on any atom is -0.308 e. The number of fused-ring (bicyclic) bond motifs is 7. The summed E-state index contributed by atoms with van der Waals surface area (Å²) in [6.07, 6.45) is 12.7. The van der Waals surface area contributed by atoms with Crippen molar-refractivity contribution < 1.29 is 13.2 Å². The molecule has 0 heterocycles. The fourth-order valence-corrected chi connectivity index (χ4v) is 9.10. The topological polar surface area (TPSA) is 35.8 Å². The van der Waals surface area contributed by atoms with Crippen molar-refractivity contribution in [1.29, 1.82) is 5.26 Å². The van der Waals surface area contributed by atoms with E-state index in [1.165, 1.54) is 57.8 Å². The van der Waals surface area contributed by atoms with Crippen LogP contribution >= 0.6 is 0 Å². The van der Waals surface area contributed by atoms with Crippen LogP contribution in [0.5, 0.6) is 0 Å². The van der Waals surface area contributed by atoms with E-state index in [9.17, 15) is 18.4 Å². The van der Waals surface area contributed by atoms with Crippen molar-refractivity contribution in [2.24, 2.45) is 46.8 Å². The summed E-state index contributed by atoms with van der Waals surface area (Å²) >= 11 is 0. The lowest BCUT2D eigenvalue weighted by molar-refractivity contribution is -0.131. The van der Waals surface area contributed by atoms with Crippen LogP contribution in [0.1, 0.15) is 77.0 Å². The number of allylic oxidation sites excluding steroid dienone is 2. The Morgan fingerprint density at radius 3 is 2.52 bits per heavy atom. The van der Waals surface area contributed by atoms with Gasteiger partial charge in [-0.05, 0) is 111 Å². The Morgan fingerprint density at radius 2 is 1.71 bits per heavy atom. The van der Waals surface area contributed by atoms with E-state index in [2.05, 4.69) is 17.5 Å². The average molecular weight is 435 g/mol. The van der Waals surface area contributed by atoms with Crippen molar-refractivity contribution in [3.8, 4) is 6.07 Å². The molecule has 4 saturated carbocycles. The van der Waals surface area contributed by atoms with Crippen LogP contribution in [0, 0.1) is 58.2 Å². The lowest BCUT2D eigenvalue weighted by Crippen LogP contribution is -2.55. The minimum absolute atomic E-state index is 0.0907. The molecule has 5 aliphatic rings. The molecule has 0 radical (unpaired) electrons. The summed E-state index contributed by atoms with van der Waals surface area (Å²) in [5.41, 5.74) is 1.10. The predicted octanol–water partition coefficient (Wildman–Crippen LogP) is 6.64. The second-order valence-corrected chi connectivity index (χ2v) is 11.5. The third-order valence-corrected chi connectivity index (χ3v) is 10.2. The summed E-state index contributed by atoms with van der Waals surface area (Å²) in [6, 6.07) is 2.44. The molecule has 0 bridgehead atoms. The fraction of sp³-hybridized carbons (Fsp3) is 0.885. The zero-order valence-corrected chi connectivity index (χ0v) is 18.6. The van der Waals surface area contributed by atoms with Crippen LogP contribution in [0.15, 0.2) is 11.6 Å². The van der Waals surface area contributed by atoms with Crippen LogP contribution in [-0.2, 0) is 0 Å². The fourth-order valence-electron chi connectivity index (χ4n) is 9.10. The molecule has 0 saturated heterocycles. The Bertz CT molecular complexity index is 738. The zero-order valence-electron chi connectivity index (χ0n) is 18.6. The van der Waals surface area contributed by atoms with Gasteiger partial charge >= 0.3 is 6.18 Å². The highest BCUT2D eigenvalue weighted by atomic mass is 19.4. The van der Waals surface area contributed by atoms with Crippen LogP contribution in [-0.4, -0.2) is 19.3 Å². The van der Waals surface area contributed by atoms with E-state index < -0.39 is 12.7 Å². The number of rotatable bonds is 3. The van der Waals surface area contributed by atoms with E-state index in [4.69, 9.17) is 0 Å². The molecule has 5 aliphatic carbocycles.